The summed E-state index contributed by atoms with van der Waals surface area (Å²) in [5.74, 6) is -2.47. The van der Waals surface area contributed by atoms with Gasteiger partial charge in [0.25, 0.3) is 0 Å². The summed E-state index contributed by atoms with van der Waals surface area (Å²) in [4.78, 5) is 34.3. The van der Waals surface area contributed by atoms with Crippen LogP contribution >= 0.6 is 0 Å². The number of ether oxygens (including phenoxy) is 1. The highest BCUT2D eigenvalue weighted by Crippen LogP contribution is 2.22. The number of carboxylic acids is 1. The molecule has 0 saturated heterocycles. The number of para-hydroxylation sites is 2. The maximum atomic E-state index is 11.8. The van der Waals surface area contributed by atoms with E-state index < -0.39 is 17.8 Å². The molecule has 0 aliphatic rings. The van der Waals surface area contributed by atoms with Crippen LogP contribution in [-0.4, -0.2) is 36.2 Å². The largest absolute Gasteiger partial charge is 0.495 e. The SMILES string of the molecule is COc1ccccc1NC(=O)C(=O)N/N=C\c1ccc(C(=O)O)cc1. The van der Waals surface area contributed by atoms with Crippen molar-refractivity contribution in [3.05, 3.63) is 59.7 Å². The molecule has 8 heteroatoms. The molecule has 0 heterocycles. The van der Waals surface area contributed by atoms with E-state index >= 15 is 0 Å². The van der Waals surface area contributed by atoms with Crippen LogP contribution in [0.25, 0.3) is 0 Å². The third kappa shape index (κ3) is 4.90. The zero-order valence-electron chi connectivity index (χ0n) is 13.2. The molecule has 2 amide bonds. The first-order valence-corrected chi connectivity index (χ1v) is 7.12. The summed E-state index contributed by atoms with van der Waals surface area (Å²) in [6.07, 6.45) is 1.29. The highest BCUT2D eigenvalue weighted by Gasteiger charge is 2.14. The summed E-state index contributed by atoms with van der Waals surface area (Å²) in [7, 11) is 1.45. The second-order valence-corrected chi connectivity index (χ2v) is 4.78. The van der Waals surface area contributed by atoms with Crippen LogP contribution in [0.1, 0.15) is 15.9 Å². The van der Waals surface area contributed by atoms with Crippen molar-refractivity contribution in [2.45, 2.75) is 0 Å². The Hall–Kier alpha value is -3.68. The highest BCUT2D eigenvalue weighted by atomic mass is 16.5. The number of carbonyl (C=O) groups is 3. The lowest BCUT2D eigenvalue weighted by atomic mass is 10.1. The van der Waals surface area contributed by atoms with E-state index in [4.69, 9.17) is 9.84 Å². The molecule has 0 unspecified atom stereocenters. The number of benzene rings is 2. The fourth-order valence-electron chi connectivity index (χ4n) is 1.85. The number of hydrogen-bond acceptors (Lipinski definition) is 5. The van der Waals surface area contributed by atoms with Crippen LogP contribution in [0.2, 0.25) is 0 Å². The average molecular weight is 341 g/mol. The van der Waals surface area contributed by atoms with Crippen LogP contribution in [0.5, 0.6) is 5.75 Å². The zero-order chi connectivity index (χ0) is 18.2. The van der Waals surface area contributed by atoms with Crippen molar-refractivity contribution in [1.29, 1.82) is 0 Å². The molecule has 2 aromatic rings. The van der Waals surface area contributed by atoms with Crippen molar-refractivity contribution in [1.82, 2.24) is 5.43 Å². The number of amides is 2. The minimum atomic E-state index is -1.04. The van der Waals surface area contributed by atoms with Gasteiger partial charge in [0.1, 0.15) is 5.75 Å². The van der Waals surface area contributed by atoms with Crippen LogP contribution in [0.4, 0.5) is 5.69 Å². The number of carboxylic acid groups (broad SMARTS) is 1. The van der Waals surface area contributed by atoms with Gasteiger partial charge < -0.3 is 15.2 Å². The second kappa shape index (κ2) is 8.25. The van der Waals surface area contributed by atoms with Gasteiger partial charge in [-0.2, -0.15) is 5.10 Å². The lowest BCUT2D eigenvalue weighted by Crippen LogP contribution is -2.32. The Morgan fingerprint density at radius 1 is 1.04 bits per heavy atom. The quantitative estimate of drug-likeness (QED) is 0.433. The van der Waals surface area contributed by atoms with Crippen molar-refractivity contribution in [3.8, 4) is 5.75 Å². The molecular formula is C17H15N3O5. The average Bonchev–Trinajstić information content (AvgIpc) is 2.62. The molecule has 0 saturated carbocycles. The molecule has 0 spiro atoms. The Morgan fingerprint density at radius 2 is 1.72 bits per heavy atom. The summed E-state index contributed by atoms with van der Waals surface area (Å²) < 4.78 is 5.07. The number of hydrogen-bond donors (Lipinski definition) is 3. The van der Waals surface area contributed by atoms with Gasteiger partial charge in [0.15, 0.2) is 0 Å². The maximum Gasteiger partial charge on any atom is 0.335 e. The zero-order valence-corrected chi connectivity index (χ0v) is 13.2. The Balaban J connectivity index is 1.92. The first kappa shape index (κ1) is 17.7. The molecule has 2 aromatic carbocycles. The van der Waals surface area contributed by atoms with Crippen molar-refractivity contribution in [3.63, 3.8) is 0 Å². The topological polar surface area (TPSA) is 117 Å². The van der Waals surface area contributed by atoms with Crippen LogP contribution in [0.3, 0.4) is 0 Å². The van der Waals surface area contributed by atoms with Gasteiger partial charge in [-0.25, -0.2) is 10.2 Å². The van der Waals surface area contributed by atoms with E-state index in [0.29, 0.717) is 17.0 Å². The van der Waals surface area contributed by atoms with Crippen molar-refractivity contribution in [2.24, 2.45) is 5.10 Å². The predicted molar refractivity (Wildman–Crippen MR) is 90.8 cm³/mol. The first-order chi connectivity index (χ1) is 12.0. The number of hydrazone groups is 1. The van der Waals surface area contributed by atoms with Crippen LogP contribution in [0, 0.1) is 0 Å². The third-order valence-corrected chi connectivity index (χ3v) is 3.10. The first-order valence-electron chi connectivity index (χ1n) is 7.12. The Labute approximate surface area is 143 Å². The molecule has 0 aliphatic heterocycles. The van der Waals surface area contributed by atoms with E-state index in [-0.39, 0.29) is 5.56 Å². The molecule has 128 valence electrons. The summed E-state index contributed by atoms with van der Waals surface area (Å²) in [5.41, 5.74) is 3.15. The van der Waals surface area contributed by atoms with Gasteiger partial charge in [-0.3, -0.25) is 9.59 Å². The number of nitrogens with one attached hydrogen (secondary N) is 2. The monoisotopic (exact) mass is 341 g/mol. The van der Waals surface area contributed by atoms with Gasteiger partial charge in [-0.15, -0.1) is 0 Å². The molecule has 0 bridgehead atoms. The van der Waals surface area contributed by atoms with Crippen LogP contribution in [-0.2, 0) is 9.59 Å². The number of methoxy groups -OCH3 is 1. The number of anilines is 1. The normalized spacial score (nSPS) is 10.3. The molecule has 2 rings (SSSR count). The number of nitrogens with zero attached hydrogens (tertiary/aromatic N) is 1. The minimum absolute atomic E-state index is 0.136. The summed E-state index contributed by atoms with van der Waals surface area (Å²) in [6.45, 7) is 0. The third-order valence-electron chi connectivity index (χ3n) is 3.10. The van der Waals surface area contributed by atoms with E-state index in [9.17, 15) is 14.4 Å². The maximum absolute atomic E-state index is 11.8. The molecule has 25 heavy (non-hydrogen) atoms. The molecule has 0 aliphatic carbocycles. The summed E-state index contributed by atoms with van der Waals surface area (Å²) in [6, 6.07) is 12.5. The van der Waals surface area contributed by atoms with Crippen LogP contribution in [0.15, 0.2) is 53.6 Å². The van der Waals surface area contributed by atoms with Gasteiger partial charge >= 0.3 is 17.8 Å². The summed E-state index contributed by atoms with van der Waals surface area (Å²) >= 11 is 0. The highest BCUT2D eigenvalue weighted by molar-refractivity contribution is 6.39. The predicted octanol–water partition coefficient (Wildman–Crippen LogP) is 1.48. The van der Waals surface area contributed by atoms with E-state index in [2.05, 4.69) is 15.8 Å². The smallest absolute Gasteiger partial charge is 0.335 e. The van der Waals surface area contributed by atoms with Crippen molar-refractivity contribution < 1.29 is 24.2 Å². The minimum Gasteiger partial charge on any atom is -0.495 e. The Morgan fingerprint density at radius 3 is 2.36 bits per heavy atom. The molecule has 0 atom stereocenters. The van der Waals surface area contributed by atoms with E-state index in [1.807, 2.05) is 0 Å². The Kier molecular flexibility index (Phi) is 5.83. The molecular weight excluding hydrogens is 326 g/mol. The number of rotatable bonds is 5. The van der Waals surface area contributed by atoms with Crippen molar-refractivity contribution in [2.75, 3.05) is 12.4 Å². The fourth-order valence-corrected chi connectivity index (χ4v) is 1.85. The van der Waals surface area contributed by atoms with Crippen LogP contribution < -0.4 is 15.5 Å². The lowest BCUT2D eigenvalue weighted by molar-refractivity contribution is -0.136. The molecule has 3 N–H and O–H groups in total. The fraction of sp³-hybridized carbons (Fsp3) is 0.0588. The van der Waals surface area contributed by atoms with E-state index in [0.717, 1.165) is 0 Å². The molecule has 0 radical (unpaired) electrons. The van der Waals surface area contributed by atoms with Gasteiger partial charge in [-0.1, -0.05) is 24.3 Å². The van der Waals surface area contributed by atoms with Gasteiger partial charge in [0.05, 0.1) is 24.6 Å². The number of aromatic carboxylic acids is 1. The van der Waals surface area contributed by atoms with Gasteiger partial charge in [0, 0.05) is 0 Å². The molecule has 0 fully saturated rings. The van der Waals surface area contributed by atoms with Gasteiger partial charge in [0.2, 0.25) is 0 Å². The number of carbonyl (C=O) groups excluding carboxylic acids is 2. The molecule has 0 aromatic heterocycles. The van der Waals surface area contributed by atoms with E-state index in [1.165, 1.54) is 37.6 Å². The van der Waals surface area contributed by atoms with E-state index in [1.54, 1.807) is 24.3 Å². The summed E-state index contributed by atoms with van der Waals surface area (Å²) in [5, 5.41) is 14.9. The standard InChI is InChI=1S/C17H15N3O5/c1-25-14-5-3-2-4-13(14)19-15(21)16(22)20-18-10-11-6-8-12(9-7-11)17(23)24/h2-10H,1H3,(H,19,21)(H,20,22)(H,23,24)/b18-10-. The Bertz CT molecular complexity index is 815. The van der Waals surface area contributed by atoms with Crippen molar-refractivity contribution >= 4 is 29.7 Å². The van der Waals surface area contributed by atoms with Gasteiger partial charge in [-0.05, 0) is 29.8 Å². The lowest BCUT2D eigenvalue weighted by Gasteiger charge is -2.08. The second-order valence-electron chi connectivity index (χ2n) is 4.78. The molecule has 8 nitrogen and oxygen atoms in total.